The monoisotopic (exact) mass is 309 g/mol. The number of aliphatic hydroxyl groups excluding tert-OH is 1. The predicted octanol–water partition coefficient (Wildman–Crippen LogP) is 2.75. The normalized spacial score (nSPS) is 10.8. The van der Waals surface area contributed by atoms with Gasteiger partial charge in [0.15, 0.2) is 0 Å². The molecule has 18 heavy (non-hydrogen) atoms. The summed E-state index contributed by atoms with van der Waals surface area (Å²) in [4.78, 5) is 9.06. The van der Waals surface area contributed by atoms with E-state index in [4.69, 9.17) is 5.11 Å². The largest absolute Gasteiger partial charge is 0.395 e. The maximum atomic E-state index is 8.91. The molecule has 0 radical (unpaired) electrons. The van der Waals surface area contributed by atoms with Crippen molar-refractivity contribution in [1.82, 2.24) is 9.97 Å². The van der Waals surface area contributed by atoms with Crippen molar-refractivity contribution in [3.8, 4) is 0 Å². The van der Waals surface area contributed by atoms with Crippen LogP contribution >= 0.6 is 15.9 Å². The summed E-state index contributed by atoms with van der Waals surface area (Å²) >= 11 is 3.45. The summed E-state index contributed by atoms with van der Waals surface area (Å²) in [5, 5.41) is 13.0. The molecule has 2 N–H and O–H groups in total. The first-order valence-corrected chi connectivity index (χ1v) is 6.84. The number of aromatic nitrogens is 2. The number of rotatable bonds is 5. The maximum absolute atomic E-state index is 8.91. The van der Waals surface area contributed by atoms with E-state index in [2.05, 4.69) is 38.1 Å². The summed E-state index contributed by atoms with van der Waals surface area (Å²) in [7, 11) is 0. The third-order valence-corrected chi connectivity index (χ3v) is 3.08. The van der Waals surface area contributed by atoms with Crippen LogP contribution < -0.4 is 5.32 Å². The van der Waals surface area contributed by atoms with Gasteiger partial charge in [0.1, 0.15) is 11.6 Å². The first-order chi connectivity index (χ1) is 8.74. The molecule has 2 rings (SSSR count). The number of aliphatic hydroxyl groups is 1. The molecule has 0 aliphatic rings. The van der Waals surface area contributed by atoms with Gasteiger partial charge in [0.2, 0.25) is 0 Å². The van der Waals surface area contributed by atoms with Crippen LogP contribution in [0.2, 0.25) is 0 Å². The zero-order valence-electron chi connectivity index (χ0n) is 10.3. The Kier molecular flexibility index (Phi) is 4.49. The third kappa shape index (κ3) is 2.97. The lowest BCUT2D eigenvalue weighted by molar-refractivity contribution is 0.311. The number of fused-ring (bicyclic) bond motifs is 1. The van der Waals surface area contributed by atoms with E-state index in [0.717, 1.165) is 39.9 Å². The van der Waals surface area contributed by atoms with Crippen LogP contribution in [0, 0.1) is 0 Å². The molecule has 0 saturated heterocycles. The zero-order chi connectivity index (χ0) is 13.0. The summed E-state index contributed by atoms with van der Waals surface area (Å²) in [6.45, 7) is 2.68. The second-order valence-corrected chi connectivity index (χ2v) is 4.97. The van der Waals surface area contributed by atoms with Crippen LogP contribution in [0.5, 0.6) is 0 Å². The lowest BCUT2D eigenvalue weighted by Gasteiger charge is -2.10. The van der Waals surface area contributed by atoms with Crippen LogP contribution in [0.15, 0.2) is 22.7 Å². The molecule has 2 aromatic rings. The van der Waals surface area contributed by atoms with Crippen LogP contribution in [0.25, 0.3) is 10.9 Å². The van der Waals surface area contributed by atoms with Gasteiger partial charge >= 0.3 is 0 Å². The van der Waals surface area contributed by atoms with Gasteiger partial charge in [-0.05, 0) is 24.6 Å². The van der Waals surface area contributed by atoms with Crippen molar-refractivity contribution in [2.75, 3.05) is 18.5 Å². The average Bonchev–Trinajstić information content (AvgIpc) is 2.37. The second kappa shape index (κ2) is 6.11. The van der Waals surface area contributed by atoms with E-state index in [1.54, 1.807) is 0 Å². The molecule has 0 fully saturated rings. The zero-order valence-corrected chi connectivity index (χ0v) is 11.9. The second-order valence-electron chi connectivity index (χ2n) is 4.05. The number of anilines is 1. The van der Waals surface area contributed by atoms with E-state index in [1.807, 2.05) is 18.2 Å². The average molecular weight is 310 g/mol. The van der Waals surface area contributed by atoms with Crippen molar-refractivity contribution in [2.45, 2.75) is 19.8 Å². The van der Waals surface area contributed by atoms with Crippen LogP contribution in [0.1, 0.15) is 19.2 Å². The molecule has 0 saturated carbocycles. The predicted molar refractivity (Wildman–Crippen MR) is 76.8 cm³/mol. The molecule has 0 unspecified atom stereocenters. The number of benzene rings is 1. The molecule has 0 amide bonds. The number of aryl methyl sites for hydroxylation is 1. The molecule has 0 aliphatic carbocycles. The van der Waals surface area contributed by atoms with Crippen LogP contribution in [0.4, 0.5) is 5.82 Å². The quantitative estimate of drug-likeness (QED) is 0.891. The van der Waals surface area contributed by atoms with E-state index in [0.29, 0.717) is 6.54 Å². The minimum Gasteiger partial charge on any atom is -0.395 e. The van der Waals surface area contributed by atoms with Crippen LogP contribution in [0.3, 0.4) is 0 Å². The molecular formula is C13H16BrN3O. The van der Waals surface area contributed by atoms with Gasteiger partial charge < -0.3 is 10.4 Å². The highest BCUT2D eigenvalue weighted by molar-refractivity contribution is 9.10. The van der Waals surface area contributed by atoms with E-state index < -0.39 is 0 Å². The first kappa shape index (κ1) is 13.2. The van der Waals surface area contributed by atoms with E-state index in [9.17, 15) is 0 Å². The van der Waals surface area contributed by atoms with E-state index in [-0.39, 0.29) is 6.61 Å². The smallest absolute Gasteiger partial charge is 0.137 e. The third-order valence-electron chi connectivity index (χ3n) is 2.58. The van der Waals surface area contributed by atoms with Crippen molar-refractivity contribution < 1.29 is 5.11 Å². The minimum absolute atomic E-state index is 0.0859. The highest BCUT2D eigenvalue weighted by Crippen LogP contribution is 2.24. The fraction of sp³-hybridized carbons (Fsp3) is 0.385. The van der Waals surface area contributed by atoms with E-state index in [1.165, 1.54) is 0 Å². The summed E-state index contributed by atoms with van der Waals surface area (Å²) in [6.07, 6.45) is 1.88. The Bertz CT molecular complexity index is 545. The Morgan fingerprint density at radius 1 is 1.33 bits per heavy atom. The topological polar surface area (TPSA) is 58.0 Å². The lowest BCUT2D eigenvalue weighted by atomic mass is 10.2. The highest BCUT2D eigenvalue weighted by Gasteiger charge is 2.07. The Hall–Kier alpha value is -1.20. The standard InChI is InChI=1S/C13H16BrN3O/c1-2-3-12-16-11-5-4-9(14)8-10(11)13(17-12)15-6-7-18/h4-5,8,18H,2-3,6-7H2,1H3,(H,15,16,17). The molecule has 0 atom stereocenters. The van der Waals surface area contributed by atoms with Gasteiger partial charge in [-0.25, -0.2) is 9.97 Å². The summed E-state index contributed by atoms with van der Waals surface area (Å²) in [5.74, 6) is 1.63. The molecule has 4 nitrogen and oxygen atoms in total. The fourth-order valence-electron chi connectivity index (χ4n) is 1.79. The Morgan fingerprint density at radius 3 is 2.89 bits per heavy atom. The number of hydrogen-bond donors (Lipinski definition) is 2. The Balaban J connectivity index is 2.50. The minimum atomic E-state index is 0.0859. The molecule has 96 valence electrons. The summed E-state index contributed by atoms with van der Waals surface area (Å²) < 4.78 is 0.994. The number of halogens is 1. The lowest BCUT2D eigenvalue weighted by Crippen LogP contribution is -2.09. The SMILES string of the molecule is CCCc1nc(NCCO)c2cc(Br)ccc2n1. The van der Waals surface area contributed by atoms with Gasteiger partial charge in [-0.15, -0.1) is 0 Å². The molecule has 0 bridgehead atoms. The van der Waals surface area contributed by atoms with Gasteiger partial charge in [-0.2, -0.15) is 0 Å². The van der Waals surface area contributed by atoms with Gasteiger partial charge in [0.25, 0.3) is 0 Å². The first-order valence-electron chi connectivity index (χ1n) is 6.05. The molecular weight excluding hydrogens is 294 g/mol. The van der Waals surface area contributed by atoms with Gasteiger partial charge in [0.05, 0.1) is 12.1 Å². The van der Waals surface area contributed by atoms with E-state index >= 15 is 0 Å². The van der Waals surface area contributed by atoms with Gasteiger partial charge in [-0.3, -0.25) is 0 Å². The Labute approximate surface area is 115 Å². The molecule has 1 aromatic heterocycles. The Morgan fingerprint density at radius 2 is 2.17 bits per heavy atom. The highest BCUT2D eigenvalue weighted by atomic mass is 79.9. The molecule has 0 aliphatic heterocycles. The molecule has 1 aromatic carbocycles. The van der Waals surface area contributed by atoms with Gasteiger partial charge in [-0.1, -0.05) is 22.9 Å². The van der Waals surface area contributed by atoms with Crippen molar-refractivity contribution in [1.29, 1.82) is 0 Å². The van der Waals surface area contributed by atoms with Crippen LogP contribution in [-0.2, 0) is 6.42 Å². The van der Waals surface area contributed by atoms with Crippen molar-refractivity contribution in [3.05, 3.63) is 28.5 Å². The molecule has 1 heterocycles. The number of nitrogens with zero attached hydrogens (tertiary/aromatic N) is 2. The number of hydrogen-bond acceptors (Lipinski definition) is 4. The fourth-order valence-corrected chi connectivity index (χ4v) is 2.15. The van der Waals surface area contributed by atoms with Gasteiger partial charge in [0, 0.05) is 22.8 Å². The number of nitrogens with one attached hydrogen (secondary N) is 1. The van der Waals surface area contributed by atoms with Crippen molar-refractivity contribution in [3.63, 3.8) is 0 Å². The summed E-state index contributed by atoms with van der Waals surface area (Å²) in [5.41, 5.74) is 0.928. The van der Waals surface area contributed by atoms with Crippen LogP contribution in [-0.4, -0.2) is 28.2 Å². The van der Waals surface area contributed by atoms with Crippen molar-refractivity contribution >= 4 is 32.7 Å². The van der Waals surface area contributed by atoms with Crippen molar-refractivity contribution in [2.24, 2.45) is 0 Å². The molecule has 0 spiro atoms. The maximum Gasteiger partial charge on any atom is 0.137 e. The molecule has 5 heteroatoms. The summed E-state index contributed by atoms with van der Waals surface area (Å²) in [6, 6.07) is 5.94.